The maximum Gasteiger partial charge on any atom is 0.155 e. The maximum absolute atomic E-state index is 12.7. The predicted octanol–water partition coefficient (Wildman–Crippen LogP) is 3.45. The lowest BCUT2D eigenvalue weighted by atomic mass is 10.4. The van der Waals surface area contributed by atoms with Gasteiger partial charge in [-0.1, -0.05) is 11.6 Å². The standard InChI is InChI=1S/C10H4ClFIN3S/c11-8-6-16(15-9(8)3-4-17-13)10-2-1-7(12)5-14-10/h1-2,5-6H. The Morgan fingerprint density at radius 3 is 2.94 bits per heavy atom. The number of hydrogen-bond donors (Lipinski definition) is 0. The van der Waals surface area contributed by atoms with Crippen molar-refractivity contribution in [2.45, 2.75) is 0 Å². The van der Waals surface area contributed by atoms with Crippen LogP contribution in [0.3, 0.4) is 0 Å². The molecule has 0 unspecified atom stereocenters. The van der Waals surface area contributed by atoms with Crippen LogP contribution in [0.4, 0.5) is 4.39 Å². The van der Waals surface area contributed by atoms with Gasteiger partial charge in [-0.15, -0.1) is 0 Å². The second kappa shape index (κ2) is 5.71. The summed E-state index contributed by atoms with van der Waals surface area (Å²) in [6, 6.07) is 2.83. The van der Waals surface area contributed by atoms with Gasteiger partial charge in [0.2, 0.25) is 0 Å². The SMILES string of the molecule is Fc1ccc(-n2cc(Cl)c(C#CSI)n2)nc1. The van der Waals surface area contributed by atoms with Crippen LogP contribution < -0.4 is 0 Å². The second-order valence-electron chi connectivity index (χ2n) is 2.91. The summed E-state index contributed by atoms with van der Waals surface area (Å²) in [4.78, 5) is 3.90. The molecule has 0 atom stereocenters. The Kier molecular flexibility index (Phi) is 4.25. The van der Waals surface area contributed by atoms with E-state index in [-0.39, 0.29) is 0 Å². The zero-order valence-electron chi connectivity index (χ0n) is 8.19. The van der Waals surface area contributed by atoms with Gasteiger partial charge >= 0.3 is 0 Å². The molecule has 0 saturated heterocycles. The van der Waals surface area contributed by atoms with Crippen molar-refractivity contribution in [2.75, 3.05) is 0 Å². The van der Waals surface area contributed by atoms with E-state index in [9.17, 15) is 4.39 Å². The topological polar surface area (TPSA) is 30.7 Å². The van der Waals surface area contributed by atoms with Crippen LogP contribution in [0, 0.1) is 17.0 Å². The molecule has 0 fully saturated rings. The summed E-state index contributed by atoms with van der Waals surface area (Å²) < 4.78 is 14.2. The van der Waals surface area contributed by atoms with Gasteiger partial charge in [0.05, 0.1) is 17.4 Å². The van der Waals surface area contributed by atoms with E-state index in [1.807, 2.05) is 0 Å². The van der Waals surface area contributed by atoms with Crippen LogP contribution in [0.5, 0.6) is 0 Å². The molecule has 2 rings (SSSR count). The monoisotopic (exact) mass is 379 g/mol. The minimum absolute atomic E-state index is 0.395. The van der Waals surface area contributed by atoms with Crippen molar-refractivity contribution in [1.29, 1.82) is 0 Å². The highest BCUT2D eigenvalue weighted by Gasteiger charge is 2.06. The highest BCUT2D eigenvalue weighted by atomic mass is 127. The van der Waals surface area contributed by atoms with Crippen molar-refractivity contribution in [2.24, 2.45) is 0 Å². The normalized spacial score (nSPS) is 9.82. The Labute approximate surface area is 118 Å². The molecule has 2 aromatic heterocycles. The predicted molar refractivity (Wildman–Crippen MR) is 74.8 cm³/mol. The lowest BCUT2D eigenvalue weighted by Gasteiger charge is -1.97. The third-order valence-corrected chi connectivity index (χ3v) is 2.94. The quantitative estimate of drug-likeness (QED) is 0.562. The number of hydrogen-bond acceptors (Lipinski definition) is 3. The van der Waals surface area contributed by atoms with Crippen LogP contribution in [0.2, 0.25) is 5.02 Å². The first-order valence-electron chi connectivity index (χ1n) is 4.36. The van der Waals surface area contributed by atoms with E-state index < -0.39 is 5.82 Å². The molecular formula is C10H4ClFIN3S. The van der Waals surface area contributed by atoms with Crippen molar-refractivity contribution in [3.8, 4) is 17.0 Å². The Morgan fingerprint density at radius 1 is 1.47 bits per heavy atom. The average molecular weight is 380 g/mol. The molecule has 0 amide bonds. The lowest BCUT2D eigenvalue weighted by Crippen LogP contribution is -1.98. The highest BCUT2D eigenvalue weighted by Crippen LogP contribution is 2.16. The number of pyridine rings is 1. The van der Waals surface area contributed by atoms with E-state index in [1.165, 1.54) is 25.7 Å². The molecule has 0 aliphatic heterocycles. The van der Waals surface area contributed by atoms with Gasteiger partial charge in [0, 0.05) is 21.2 Å². The van der Waals surface area contributed by atoms with Crippen LogP contribution in [0.1, 0.15) is 5.69 Å². The number of nitrogens with zero attached hydrogens (tertiary/aromatic N) is 3. The summed E-state index contributed by atoms with van der Waals surface area (Å²) in [6.45, 7) is 0. The van der Waals surface area contributed by atoms with Gasteiger partial charge in [-0.25, -0.2) is 14.1 Å². The minimum Gasteiger partial charge on any atom is -0.234 e. The molecule has 2 aromatic rings. The van der Waals surface area contributed by atoms with E-state index in [4.69, 9.17) is 11.6 Å². The van der Waals surface area contributed by atoms with Gasteiger partial charge in [-0.05, 0) is 32.2 Å². The van der Waals surface area contributed by atoms with Gasteiger partial charge in [0.1, 0.15) is 5.82 Å². The maximum atomic E-state index is 12.7. The summed E-state index contributed by atoms with van der Waals surface area (Å²) in [6.07, 6.45) is 2.71. The third-order valence-electron chi connectivity index (χ3n) is 1.82. The minimum atomic E-state index is -0.395. The number of rotatable bonds is 1. The molecule has 0 spiro atoms. The molecule has 0 bridgehead atoms. The van der Waals surface area contributed by atoms with Crippen molar-refractivity contribution >= 4 is 41.7 Å². The Morgan fingerprint density at radius 2 is 2.29 bits per heavy atom. The third kappa shape index (κ3) is 3.12. The summed E-state index contributed by atoms with van der Waals surface area (Å²) in [5.41, 5.74) is 0.474. The summed E-state index contributed by atoms with van der Waals surface area (Å²) in [5.74, 6) is 2.90. The van der Waals surface area contributed by atoms with Gasteiger partial charge in [-0.2, -0.15) is 5.10 Å². The molecule has 3 nitrogen and oxygen atoms in total. The van der Waals surface area contributed by atoms with E-state index in [1.54, 1.807) is 6.20 Å². The summed E-state index contributed by atoms with van der Waals surface area (Å²) >= 11 is 8.02. The highest BCUT2D eigenvalue weighted by molar-refractivity contribution is 14.2. The first-order chi connectivity index (χ1) is 8.20. The van der Waals surface area contributed by atoms with E-state index in [2.05, 4.69) is 42.5 Å². The smallest absolute Gasteiger partial charge is 0.155 e. The van der Waals surface area contributed by atoms with Crippen molar-refractivity contribution in [1.82, 2.24) is 14.8 Å². The Hall–Kier alpha value is -0.780. The molecule has 17 heavy (non-hydrogen) atoms. The summed E-state index contributed by atoms with van der Waals surface area (Å²) in [7, 11) is 1.35. The molecule has 0 aromatic carbocycles. The van der Waals surface area contributed by atoms with Crippen molar-refractivity contribution < 1.29 is 4.39 Å². The molecule has 0 N–H and O–H groups in total. The molecule has 0 aliphatic rings. The van der Waals surface area contributed by atoms with Gasteiger partial charge < -0.3 is 0 Å². The van der Waals surface area contributed by atoms with Crippen LogP contribution in [0.25, 0.3) is 5.82 Å². The average Bonchev–Trinajstić information content (AvgIpc) is 2.69. The van der Waals surface area contributed by atoms with Gasteiger partial charge in [0.15, 0.2) is 11.5 Å². The molecule has 0 saturated carbocycles. The van der Waals surface area contributed by atoms with E-state index in [0.29, 0.717) is 16.5 Å². The van der Waals surface area contributed by atoms with Gasteiger partial charge in [-0.3, -0.25) is 0 Å². The largest absolute Gasteiger partial charge is 0.234 e. The van der Waals surface area contributed by atoms with Gasteiger partial charge in [0.25, 0.3) is 0 Å². The molecule has 0 aliphatic carbocycles. The van der Waals surface area contributed by atoms with Crippen LogP contribution >= 0.6 is 41.7 Å². The zero-order valence-corrected chi connectivity index (χ0v) is 11.9. The zero-order chi connectivity index (χ0) is 12.3. The lowest BCUT2D eigenvalue weighted by molar-refractivity contribution is 0.619. The van der Waals surface area contributed by atoms with Crippen LogP contribution in [-0.4, -0.2) is 14.8 Å². The van der Waals surface area contributed by atoms with Crippen molar-refractivity contribution in [3.05, 3.63) is 41.1 Å². The molecule has 86 valence electrons. The summed E-state index contributed by atoms with van der Waals surface area (Å²) in [5, 5.41) is 7.39. The molecular weight excluding hydrogens is 376 g/mol. The molecule has 7 heteroatoms. The molecule has 0 radical (unpaired) electrons. The van der Waals surface area contributed by atoms with Crippen LogP contribution in [0.15, 0.2) is 24.5 Å². The van der Waals surface area contributed by atoms with E-state index >= 15 is 0 Å². The fourth-order valence-electron chi connectivity index (χ4n) is 1.13. The first-order valence-corrected chi connectivity index (χ1v) is 8.10. The first kappa shape index (κ1) is 12.7. The number of aromatic nitrogens is 3. The fraction of sp³-hybridized carbons (Fsp3) is 0. The second-order valence-corrected chi connectivity index (χ2v) is 5.00. The number of halogens is 3. The van der Waals surface area contributed by atoms with Crippen molar-refractivity contribution in [3.63, 3.8) is 0 Å². The Balaban J connectivity index is 2.37. The van der Waals surface area contributed by atoms with E-state index in [0.717, 1.165) is 6.20 Å². The fourth-order valence-corrected chi connectivity index (χ4v) is 1.77. The van der Waals surface area contributed by atoms with Crippen LogP contribution in [-0.2, 0) is 0 Å². The Bertz CT molecular complexity index is 588. The molecule has 2 heterocycles.